The van der Waals surface area contributed by atoms with E-state index in [4.69, 9.17) is 14.7 Å². The fourth-order valence-electron chi connectivity index (χ4n) is 4.55. The molecule has 2 aliphatic heterocycles. The predicted molar refractivity (Wildman–Crippen MR) is 133 cm³/mol. The Balaban J connectivity index is 1.49. The second-order valence-electron chi connectivity index (χ2n) is 9.25. The van der Waals surface area contributed by atoms with Crippen LogP contribution < -0.4 is 9.64 Å². The molecule has 1 amide bonds. The molecule has 0 radical (unpaired) electrons. The van der Waals surface area contributed by atoms with Crippen molar-refractivity contribution < 1.29 is 9.53 Å². The number of benzene rings is 2. The topological polar surface area (TPSA) is 61.8 Å². The Morgan fingerprint density at radius 2 is 1.74 bits per heavy atom. The van der Waals surface area contributed by atoms with Gasteiger partial charge in [0, 0.05) is 44.7 Å². The van der Waals surface area contributed by atoms with E-state index in [2.05, 4.69) is 16.8 Å². The largest absolute Gasteiger partial charge is 0.438 e. The first kappa shape index (κ1) is 22.3. The zero-order valence-electron chi connectivity index (χ0n) is 20.1. The summed E-state index contributed by atoms with van der Waals surface area (Å²) in [6, 6.07) is 15.7. The number of hydrogen-bond acceptors (Lipinski definition) is 6. The number of anilines is 1. The average molecular weight is 458 g/mol. The molecule has 3 heterocycles. The Labute approximate surface area is 201 Å². The summed E-state index contributed by atoms with van der Waals surface area (Å²) in [5.41, 5.74) is 4.71. The van der Waals surface area contributed by atoms with Crippen molar-refractivity contribution in [1.82, 2.24) is 19.8 Å². The lowest BCUT2D eigenvalue weighted by atomic mass is 10.0. The van der Waals surface area contributed by atoms with Crippen LogP contribution in [0.5, 0.6) is 11.6 Å². The highest BCUT2D eigenvalue weighted by molar-refractivity contribution is 5.95. The van der Waals surface area contributed by atoms with E-state index in [0.717, 1.165) is 59.9 Å². The van der Waals surface area contributed by atoms with E-state index in [0.29, 0.717) is 31.3 Å². The highest BCUT2D eigenvalue weighted by Crippen LogP contribution is 2.32. The lowest BCUT2D eigenvalue weighted by Gasteiger charge is -2.34. The van der Waals surface area contributed by atoms with Crippen LogP contribution in [0.4, 0.5) is 5.95 Å². The average Bonchev–Trinajstić information content (AvgIpc) is 2.84. The first-order valence-corrected chi connectivity index (χ1v) is 11.9. The Morgan fingerprint density at radius 3 is 2.50 bits per heavy atom. The third kappa shape index (κ3) is 4.61. The zero-order valence-corrected chi connectivity index (χ0v) is 20.1. The third-order valence-corrected chi connectivity index (χ3v) is 6.66. The highest BCUT2D eigenvalue weighted by Gasteiger charge is 2.29. The third-order valence-electron chi connectivity index (χ3n) is 6.66. The van der Waals surface area contributed by atoms with E-state index in [1.54, 1.807) is 0 Å². The number of hydrogen-bond donors (Lipinski definition) is 0. The number of piperazine rings is 1. The molecule has 2 aromatic carbocycles. The van der Waals surface area contributed by atoms with Gasteiger partial charge in [0.1, 0.15) is 5.75 Å². The number of aryl methyl sites for hydroxylation is 2. The van der Waals surface area contributed by atoms with Crippen LogP contribution in [-0.2, 0) is 13.0 Å². The summed E-state index contributed by atoms with van der Waals surface area (Å²) in [5, 5.41) is 0. The summed E-state index contributed by atoms with van der Waals surface area (Å²) in [5.74, 6) is 2.04. The minimum absolute atomic E-state index is 0.0356. The van der Waals surface area contributed by atoms with Crippen LogP contribution >= 0.6 is 0 Å². The van der Waals surface area contributed by atoms with Crippen molar-refractivity contribution >= 4 is 11.9 Å². The van der Waals surface area contributed by atoms with Gasteiger partial charge in [0.05, 0.1) is 17.8 Å². The van der Waals surface area contributed by atoms with Crippen molar-refractivity contribution in [2.45, 2.75) is 26.8 Å². The number of rotatable bonds is 4. The molecule has 0 spiro atoms. The van der Waals surface area contributed by atoms with Gasteiger partial charge in [-0.2, -0.15) is 4.98 Å². The fourth-order valence-corrected chi connectivity index (χ4v) is 4.55. The van der Waals surface area contributed by atoms with Gasteiger partial charge in [0.25, 0.3) is 5.91 Å². The molecule has 0 aliphatic carbocycles. The van der Waals surface area contributed by atoms with Crippen LogP contribution in [0.1, 0.15) is 32.7 Å². The molecule has 7 heteroatoms. The summed E-state index contributed by atoms with van der Waals surface area (Å²) >= 11 is 0. The van der Waals surface area contributed by atoms with Crippen molar-refractivity contribution in [3.63, 3.8) is 0 Å². The molecule has 1 saturated heterocycles. The molecular formula is C27H31N5O2. The van der Waals surface area contributed by atoms with Crippen molar-refractivity contribution in [1.29, 1.82) is 0 Å². The predicted octanol–water partition coefficient (Wildman–Crippen LogP) is 3.84. The van der Waals surface area contributed by atoms with Crippen LogP contribution in [0.25, 0.3) is 0 Å². The number of carbonyl (C=O) groups is 1. The standard InChI is InChI=1S/C27H31N5O2/c1-19-7-6-9-21(17-19)34-25-23-18-32(26(33)22-10-5-4-8-20(22)2)12-11-24(23)28-27(29-25)31-15-13-30(3)14-16-31/h4-10,17H,11-16,18H2,1-3H3. The second kappa shape index (κ2) is 9.43. The smallest absolute Gasteiger partial charge is 0.254 e. The van der Waals surface area contributed by atoms with Crippen LogP contribution in [0.2, 0.25) is 0 Å². The number of amides is 1. The van der Waals surface area contributed by atoms with Crippen LogP contribution in [0, 0.1) is 13.8 Å². The van der Waals surface area contributed by atoms with Gasteiger partial charge in [-0.1, -0.05) is 30.3 Å². The normalized spacial score (nSPS) is 16.3. The maximum atomic E-state index is 13.3. The van der Waals surface area contributed by atoms with Crippen LogP contribution in [0.15, 0.2) is 48.5 Å². The molecular weight excluding hydrogens is 426 g/mol. The first-order chi connectivity index (χ1) is 16.5. The van der Waals surface area contributed by atoms with Crippen molar-refractivity contribution in [2.24, 2.45) is 0 Å². The molecule has 176 valence electrons. The summed E-state index contributed by atoms with van der Waals surface area (Å²) in [7, 11) is 2.14. The summed E-state index contributed by atoms with van der Waals surface area (Å²) in [6.45, 7) is 8.81. The lowest BCUT2D eigenvalue weighted by Crippen LogP contribution is -2.45. The number of nitrogens with zero attached hydrogens (tertiary/aromatic N) is 5. The molecule has 7 nitrogen and oxygen atoms in total. The molecule has 1 fully saturated rings. The molecule has 0 saturated carbocycles. The van der Waals surface area contributed by atoms with Crippen molar-refractivity contribution in [3.05, 3.63) is 76.5 Å². The van der Waals surface area contributed by atoms with Gasteiger partial charge in [-0.25, -0.2) is 4.98 Å². The maximum absolute atomic E-state index is 13.3. The monoisotopic (exact) mass is 457 g/mol. The second-order valence-corrected chi connectivity index (χ2v) is 9.25. The first-order valence-electron chi connectivity index (χ1n) is 11.9. The van der Waals surface area contributed by atoms with E-state index in [9.17, 15) is 4.79 Å². The van der Waals surface area contributed by atoms with Crippen LogP contribution in [0.3, 0.4) is 0 Å². The van der Waals surface area contributed by atoms with E-state index in [1.165, 1.54) is 0 Å². The van der Waals surface area contributed by atoms with Gasteiger partial charge >= 0.3 is 0 Å². The van der Waals surface area contributed by atoms with E-state index < -0.39 is 0 Å². The highest BCUT2D eigenvalue weighted by atomic mass is 16.5. The molecule has 0 N–H and O–H groups in total. The lowest BCUT2D eigenvalue weighted by molar-refractivity contribution is 0.0731. The number of aromatic nitrogens is 2. The quantitative estimate of drug-likeness (QED) is 0.593. The summed E-state index contributed by atoms with van der Waals surface area (Å²) in [6.07, 6.45) is 0.681. The molecule has 1 aromatic heterocycles. The summed E-state index contributed by atoms with van der Waals surface area (Å²) in [4.78, 5) is 29.6. The van der Waals surface area contributed by atoms with E-state index in [-0.39, 0.29) is 5.91 Å². The van der Waals surface area contributed by atoms with Gasteiger partial charge in [-0.15, -0.1) is 0 Å². The zero-order chi connectivity index (χ0) is 23.7. The molecule has 0 unspecified atom stereocenters. The van der Waals surface area contributed by atoms with Gasteiger partial charge in [-0.3, -0.25) is 4.79 Å². The minimum Gasteiger partial charge on any atom is -0.438 e. The fraction of sp³-hybridized carbons (Fsp3) is 0.370. The maximum Gasteiger partial charge on any atom is 0.254 e. The van der Waals surface area contributed by atoms with Crippen LogP contribution in [-0.4, -0.2) is 65.4 Å². The molecule has 2 aliphatic rings. The van der Waals surface area contributed by atoms with Gasteiger partial charge in [0.2, 0.25) is 11.8 Å². The molecule has 0 atom stereocenters. The minimum atomic E-state index is 0.0356. The van der Waals surface area contributed by atoms with Crippen molar-refractivity contribution in [3.8, 4) is 11.6 Å². The van der Waals surface area contributed by atoms with E-state index in [1.807, 2.05) is 67.3 Å². The Morgan fingerprint density at radius 1 is 0.941 bits per heavy atom. The summed E-state index contributed by atoms with van der Waals surface area (Å²) < 4.78 is 6.34. The molecule has 3 aromatic rings. The Hall–Kier alpha value is -3.45. The molecule has 0 bridgehead atoms. The molecule has 34 heavy (non-hydrogen) atoms. The van der Waals surface area contributed by atoms with Gasteiger partial charge in [-0.05, 0) is 50.2 Å². The van der Waals surface area contributed by atoms with Crippen molar-refractivity contribution in [2.75, 3.05) is 44.7 Å². The molecule has 5 rings (SSSR count). The Kier molecular flexibility index (Phi) is 6.20. The van der Waals surface area contributed by atoms with Gasteiger partial charge < -0.3 is 19.4 Å². The van der Waals surface area contributed by atoms with E-state index >= 15 is 0 Å². The number of fused-ring (bicyclic) bond motifs is 1. The number of ether oxygens (including phenoxy) is 1. The number of likely N-dealkylation sites (N-methyl/N-ethyl adjacent to an activating group) is 1. The SMILES string of the molecule is Cc1cccc(Oc2nc(N3CCN(C)CC3)nc3c2CN(C(=O)c2ccccc2C)CC3)c1. The van der Waals surface area contributed by atoms with Gasteiger partial charge in [0.15, 0.2) is 0 Å². The number of carbonyl (C=O) groups excluding carboxylic acids is 1. The Bertz CT molecular complexity index is 1200.